The molecule has 5 heteroatoms. The summed E-state index contributed by atoms with van der Waals surface area (Å²) in [5, 5.41) is 11.4. The van der Waals surface area contributed by atoms with Crippen LogP contribution in [0.25, 0.3) is 0 Å². The minimum atomic E-state index is -0.842. The molecule has 1 rings (SSSR count). The second-order valence-electron chi connectivity index (χ2n) is 2.60. The van der Waals surface area contributed by atoms with Crippen molar-refractivity contribution < 1.29 is 9.84 Å². The zero-order chi connectivity index (χ0) is 10.7. The zero-order valence-electron chi connectivity index (χ0n) is 7.33. The number of benzene rings is 1. The van der Waals surface area contributed by atoms with Crippen molar-refractivity contribution in [1.82, 2.24) is 0 Å². The third-order valence-electron chi connectivity index (χ3n) is 1.70. The molecule has 1 N–H and O–H groups in total. The van der Waals surface area contributed by atoms with Crippen molar-refractivity contribution in [2.45, 2.75) is 6.10 Å². The van der Waals surface area contributed by atoms with Gasteiger partial charge in [0, 0.05) is 5.37 Å². The number of ether oxygens (including phenoxy) is 1. The van der Waals surface area contributed by atoms with E-state index in [1.54, 1.807) is 12.1 Å². The molecule has 1 aromatic rings. The zero-order valence-corrected chi connectivity index (χ0v) is 9.66. The highest BCUT2D eigenvalue weighted by Gasteiger charge is 2.11. The molecule has 0 saturated carbocycles. The first-order chi connectivity index (χ1) is 6.60. The first-order valence-corrected chi connectivity index (χ1v) is 4.99. The van der Waals surface area contributed by atoms with Gasteiger partial charge in [-0.05, 0) is 17.7 Å². The molecule has 0 bridgehead atoms. The molecule has 14 heavy (non-hydrogen) atoms. The molecule has 0 amide bonds. The Kier molecular flexibility index (Phi) is 4.13. The summed E-state index contributed by atoms with van der Waals surface area (Å²) in [4.78, 5) is 0. The fourth-order valence-corrected chi connectivity index (χ4v) is 1.84. The van der Waals surface area contributed by atoms with E-state index < -0.39 is 6.10 Å². The first kappa shape index (κ1) is 11.7. The molecule has 1 aromatic carbocycles. The van der Waals surface area contributed by atoms with E-state index in [1.807, 2.05) is 0 Å². The van der Waals surface area contributed by atoms with E-state index in [0.29, 0.717) is 21.4 Å². The molecule has 76 valence electrons. The summed E-state index contributed by atoms with van der Waals surface area (Å²) in [5.41, 5.74) is 0.552. The Labute approximate surface area is 97.4 Å². The summed E-state index contributed by atoms with van der Waals surface area (Å²) < 4.78 is 4.96. The van der Waals surface area contributed by atoms with Crippen molar-refractivity contribution >= 4 is 40.8 Å². The average Bonchev–Trinajstić information content (AvgIpc) is 2.16. The van der Waals surface area contributed by atoms with Crippen LogP contribution in [0.3, 0.4) is 0 Å². The monoisotopic (exact) mass is 250 g/mol. The van der Waals surface area contributed by atoms with Crippen molar-refractivity contribution in [3.05, 3.63) is 27.7 Å². The lowest BCUT2D eigenvalue weighted by molar-refractivity contribution is 0.254. The van der Waals surface area contributed by atoms with Crippen LogP contribution in [0.15, 0.2) is 12.1 Å². The smallest absolute Gasteiger partial charge is 0.156 e. The first-order valence-electron chi connectivity index (χ1n) is 3.76. The second kappa shape index (κ2) is 4.94. The summed E-state index contributed by atoms with van der Waals surface area (Å²) >= 11 is 16.3. The molecular weight excluding hydrogens is 243 g/mol. The number of hydrogen-bond acceptors (Lipinski definition) is 3. The highest BCUT2D eigenvalue weighted by atomic mass is 35.5. The molecule has 1 unspecified atom stereocenters. The molecule has 0 aliphatic heterocycles. The maximum Gasteiger partial charge on any atom is 0.156 e. The molecule has 0 aromatic heterocycles. The Balaban J connectivity index is 3.20. The number of hydrogen-bond donors (Lipinski definition) is 1. The van der Waals surface area contributed by atoms with Gasteiger partial charge in [-0.3, -0.25) is 0 Å². The predicted octanol–water partition coefficient (Wildman–Crippen LogP) is 3.04. The van der Waals surface area contributed by atoms with Crippen LogP contribution < -0.4 is 4.74 Å². The molecule has 0 spiro atoms. The number of thiocarbonyl (C=S) groups is 1. The van der Waals surface area contributed by atoms with Crippen molar-refractivity contribution in [1.29, 1.82) is 0 Å². The average molecular weight is 251 g/mol. The van der Waals surface area contributed by atoms with Crippen molar-refractivity contribution in [2.75, 3.05) is 7.11 Å². The predicted molar refractivity (Wildman–Crippen MR) is 61.6 cm³/mol. The van der Waals surface area contributed by atoms with Gasteiger partial charge in [-0.1, -0.05) is 35.4 Å². The Hall–Kier alpha value is -0.350. The highest BCUT2D eigenvalue weighted by Crippen LogP contribution is 2.35. The summed E-state index contributed by atoms with van der Waals surface area (Å²) in [6.07, 6.45) is -0.842. The molecule has 0 aliphatic carbocycles. The number of rotatable bonds is 3. The normalized spacial score (nSPS) is 12.3. The van der Waals surface area contributed by atoms with Crippen molar-refractivity contribution in [3.8, 4) is 5.75 Å². The largest absolute Gasteiger partial charge is 0.494 e. The minimum absolute atomic E-state index is 0.353. The third kappa shape index (κ3) is 2.36. The molecule has 0 radical (unpaired) electrons. The van der Waals surface area contributed by atoms with E-state index in [-0.39, 0.29) is 0 Å². The van der Waals surface area contributed by atoms with Gasteiger partial charge >= 0.3 is 0 Å². The Morgan fingerprint density at radius 1 is 1.43 bits per heavy atom. The van der Waals surface area contributed by atoms with Gasteiger partial charge in [0.25, 0.3) is 0 Å². The lowest BCUT2D eigenvalue weighted by Gasteiger charge is -2.10. The number of halogens is 2. The van der Waals surface area contributed by atoms with Crippen LogP contribution >= 0.6 is 35.4 Å². The fraction of sp³-hybridized carbons (Fsp3) is 0.222. The van der Waals surface area contributed by atoms with Crippen LogP contribution in [0, 0.1) is 0 Å². The number of aliphatic hydroxyl groups is 1. The minimum Gasteiger partial charge on any atom is -0.494 e. The van der Waals surface area contributed by atoms with Gasteiger partial charge in [0.15, 0.2) is 5.75 Å². The maximum atomic E-state index is 9.42. The summed E-state index contributed by atoms with van der Waals surface area (Å²) in [5.74, 6) is 0.397. The van der Waals surface area contributed by atoms with Gasteiger partial charge in [0.1, 0.15) is 6.10 Å². The molecular formula is C9H8Cl2O2S. The van der Waals surface area contributed by atoms with Gasteiger partial charge in [-0.25, -0.2) is 0 Å². The third-order valence-corrected chi connectivity index (χ3v) is 2.51. The lowest BCUT2D eigenvalue weighted by Crippen LogP contribution is -1.98. The molecule has 2 nitrogen and oxygen atoms in total. The van der Waals surface area contributed by atoms with Crippen LogP contribution in [0.4, 0.5) is 0 Å². The quantitative estimate of drug-likeness (QED) is 0.837. The lowest BCUT2D eigenvalue weighted by atomic mass is 10.1. The highest BCUT2D eigenvalue weighted by molar-refractivity contribution is 7.79. The maximum absolute atomic E-state index is 9.42. The van der Waals surface area contributed by atoms with Gasteiger partial charge in [-0.15, -0.1) is 0 Å². The molecule has 0 saturated heterocycles. The van der Waals surface area contributed by atoms with Crippen molar-refractivity contribution in [2.24, 2.45) is 0 Å². The molecule has 0 fully saturated rings. The Morgan fingerprint density at radius 2 is 1.93 bits per heavy atom. The van der Waals surface area contributed by atoms with E-state index >= 15 is 0 Å². The van der Waals surface area contributed by atoms with E-state index in [4.69, 9.17) is 27.9 Å². The van der Waals surface area contributed by atoms with Gasteiger partial charge in [-0.2, -0.15) is 0 Å². The molecule has 0 heterocycles. The summed E-state index contributed by atoms with van der Waals surface area (Å²) in [7, 11) is 1.47. The number of methoxy groups -OCH3 is 1. The van der Waals surface area contributed by atoms with Crippen LogP contribution in [0.5, 0.6) is 5.75 Å². The molecule has 1 atom stereocenters. The van der Waals surface area contributed by atoms with E-state index in [2.05, 4.69) is 12.2 Å². The van der Waals surface area contributed by atoms with Crippen LogP contribution in [0.1, 0.15) is 11.7 Å². The van der Waals surface area contributed by atoms with E-state index in [0.717, 1.165) is 0 Å². The topological polar surface area (TPSA) is 29.5 Å². The van der Waals surface area contributed by atoms with E-state index in [9.17, 15) is 5.11 Å². The Morgan fingerprint density at radius 3 is 2.29 bits per heavy atom. The number of aliphatic hydroxyl groups excluding tert-OH is 1. The van der Waals surface area contributed by atoms with Crippen molar-refractivity contribution in [3.63, 3.8) is 0 Å². The fourth-order valence-electron chi connectivity index (χ4n) is 1.02. The Bertz CT molecular complexity index is 332. The van der Waals surface area contributed by atoms with Crippen LogP contribution in [0.2, 0.25) is 10.0 Å². The molecule has 0 aliphatic rings. The van der Waals surface area contributed by atoms with Gasteiger partial charge < -0.3 is 9.84 Å². The summed E-state index contributed by atoms with van der Waals surface area (Å²) in [6, 6.07) is 3.14. The standard InChI is InChI=1S/C9H8Cl2O2S/c1-13-9-6(10)2-5(3-7(9)11)8(12)4-14/h2-4,8,12H,1H3. The van der Waals surface area contributed by atoms with Gasteiger partial charge in [0.2, 0.25) is 0 Å². The van der Waals surface area contributed by atoms with Crippen LogP contribution in [-0.2, 0) is 0 Å². The van der Waals surface area contributed by atoms with Gasteiger partial charge in [0.05, 0.1) is 17.2 Å². The second-order valence-corrected chi connectivity index (χ2v) is 3.69. The van der Waals surface area contributed by atoms with Crippen LogP contribution in [-0.4, -0.2) is 17.6 Å². The van der Waals surface area contributed by atoms with E-state index in [1.165, 1.54) is 12.5 Å². The SMILES string of the molecule is COc1c(Cl)cc(C(O)C=S)cc1Cl. The summed E-state index contributed by atoms with van der Waals surface area (Å²) in [6.45, 7) is 0.